The third kappa shape index (κ3) is 1.64. The van der Waals surface area contributed by atoms with Gasteiger partial charge in [-0.05, 0) is 16.3 Å². The maximum atomic E-state index is 9.06. The molecule has 2 rings (SSSR count). The Kier molecular flexibility index (Phi) is 2.51. The summed E-state index contributed by atoms with van der Waals surface area (Å²) in [5.74, 6) is 0.222. The average Bonchev–Trinajstić information content (AvgIpc) is 2.27. The van der Waals surface area contributed by atoms with Crippen LogP contribution in [-0.4, -0.2) is 11.7 Å². The van der Waals surface area contributed by atoms with E-state index in [9.17, 15) is 0 Å². The van der Waals surface area contributed by atoms with Gasteiger partial charge in [-0.2, -0.15) is 0 Å². The maximum absolute atomic E-state index is 9.06. The molecule has 1 heteroatoms. The van der Waals surface area contributed by atoms with Crippen molar-refractivity contribution in [1.29, 1.82) is 0 Å². The number of benzene rings is 2. The summed E-state index contributed by atoms with van der Waals surface area (Å²) in [6.45, 7) is 2.24. The molecule has 0 aliphatic carbocycles. The number of hydrogen-bond acceptors (Lipinski definition) is 1. The molecule has 0 bridgehead atoms. The molecular weight excluding hydrogens is 172 g/mol. The van der Waals surface area contributed by atoms with E-state index in [1.54, 1.807) is 0 Å². The van der Waals surface area contributed by atoms with Crippen molar-refractivity contribution in [3.05, 3.63) is 48.0 Å². The van der Waals surface area contributed by atoms with Crippen LogP contribution in [0.1, 0.15) is 18.4 Å². The van der Waals surface area contributed by atoms with Gasteiger partial charge < -0.3 is 5.11 Å². The molecule has 72 valence electrons. The van der Waals surface area contributed by atoms with Gasteiger partial charge in [-0.15, -0.1) is 0 Å². The Morgan fingerprint density at radius 3 is 2.50 bits per heavy atom. The van der Waals surface area contributed by atoms with Crippen LogP contribution in [-0.2, 0) is 0 Å². The van der Waals surface area contributed by atoms with Gasteiger partial charge in [0, 0.05) is 12.5 Å². The summed E-state index contributed by atoms with van der Waals surface area (Å²) in [5, 5.41) is 11.6. The Labute approximate surface area is 84.0 Å². The van der Waals surface area contributed by atoms with Crippen molar-refractivity contribution in [1.82, 2.24) is 0 Å². The molecule has 0 unspecified atom stereocenters. The van der Waals surface area contributed by atoms with Crippen LogP contribution in [0.15, 0.2) is 42.5 Å². The van der Waals surface area contributed by atoms with E-state index < -0.39 is 0 Å². The second kappa shape index (κ2) is 3.81. The molecule has 0 aliphatic heterocycles. The molecule has 0 radical (unpaired) electrons. The summed E-state index contributed by atoms with van der Waals surface area (Å²) in [4.78, 5) is 0. The number of aliphatic hydroxyl groups is 1. The average molecular weight is 186 g/mol. The van der Waals surface area contributed by atoms with Crippen molar-refractivity contribution in [2.24, 2.45) is 0 Å². The van der Waals surface area contributed by atoms with Crippen molar-refractivity contribution in [3.8, 4) is 0 Å². The van der Waals surface area contributed by atoms with E-state index in [2.05, 4.69) is 30.3 Å². The quantitative estimate of drug-likeness (QED) is 0.764. The standard InChI is InChI=1S/C13H14O/c1-10(9-14)12-7-6-11-4-2-3-5-13(11)8-12/h2-8,10,14H,9H2,1H3/t10-/m1/s1. The zero-order chi connectivity index (χ0) is 9.97. The van der Waals surface area contributed by atoms with Crippen LogP contribution in [0.3, 0.4) is 0 Å². The third-order valence-electron chi connectivity index (χ3n) is 2.62. The van der Waals surface area contributed by atoms with Crippen molar-refractivity contribution < 1.29 is 5.11 Å². The lowest BCUT2D eigenvalue weighted by Gasteiger charge is -2.08. The lowest BCUT2D eigenvalue weighted by atomic mass is 9.99. The number of aliphatic hydroxyl groups excluding tert-OH is 1. The number of rotatable bonds is 2. The topological polar surface area (TPSA) is 20.2 Å². The molecule has 1 atom stereocenters. The second-order valence-corrected chi connectivity index (χ2v) is 3.69. The molecule has 0 aliphatic rings. The minimum Gasteiger partial charge on any atom is -0.396 e. The summed E-state index contributed by atoms with van der Waals surface area (Å²) >= 11 is 0. The fourth-order valence-corrected chi connectivity index (χ4v) is 1.62. The molecule has 0 heterocycles. The summed E-state index contributed by atoms with van der Waals surface area (Å²) in [6, 6.07) is 14.6. The molecule has 14 heavy (non-hydrogen) atoms. The molecule has 1 nitrogen and oxygen atoms in total. The van der Waals surface area contributed by atoms with E-state index in [1.165, 1.54) is 16.3 Å². The fraction of sp³-hybridized carbons (Fsp3) is 0.231. The molecule has 0 fully saturated rings. The van der Waals surface area contributed by atoms with Gasteiger partial charge in [0.1, 0.15) is 0 Å². The lowest BCUT2D eigenvalue weighted by molar-refractivity contribution is 0.273. The Bertz CT molecular complexity index is 434. The van der Waals surface area contributed by atoms with Crippen molar-refractivity contribution in [3.63, 3.8) is 0 Å². The van der Waals surface area contributed by atoms with Crippen LogP contribution in [0.2, 0.25) is 0 Å². The van der Waals surface area contributed by atoms with Gasteiger partial charge in [-0.3, -0.25) is 0 Å². The Balaban J connectivity index is 2.51. The molecule has 2 aromatic carbocycles. The minimum atomic E-state index is 0.207. The zero-order valence-corrected chi connectivity index (χ0v) is 8.27. The lowest BCUT2D eigenvalue weighted by Crippen LogP contribution is -1.98. The third-order valence-corrected chi connectivity index (χ3v) is 2.62. The Morgan fingerprint density at radius 1 is 1.07 bits per heavy atom. The number of fused-ring (bicyclic) bond motifs is 1. The molecule has 2 aromatic rings. The van der Waals surface area contributed by atoms with Crippen LogP contribution in [0.4, 0.5) is 0 Å². The summed E-state index contributed by atoms with van der Waals surface area (Å²) in [7, 11) is 0. The van der Waals surface area contributed by atoms with Gasteiger partial charge in [-0.1, -0.05) is 49.4 Å². The molecule has 0 saturated carbocycles. The normalized spacial score (nSPS) is 13.0. The van der Waals surface area contributed by atoms with Crippen LogP contribution in [0.5, 0.6) is 0 Å². The highest BCUT2D eigenvalue weighted by Gasteiger charge is 2.03. The van der Waals surface area contributed by atoms with Gasteiger partial charge in [-0.25, -0.2) is 0 Å². The molecule has 0 aromatic heterocycles. The molecule has 0 amide bonds. The van der Waals surface area contributed by atoms with E-state index >= 15 is 0 Å². The SMILES string of the molecule is C[C@H](CO)c1ccc2ccccc2c1. The van der Waals surface area contributed by atoms with Crippen LogP contribution >= 0.6 is 0 Å². The van der Waals surface area contributed by atoms with E-state index in [4.69, 9.17) is 5.11 Å². The molecule has 0 saturated heterocycles. The Hall–Kier alpha value is -1.34. The van der Waals surface area contributed by atoms with Crippen molar-refractivity contribution >= 4 is 10.8 Å². The highest BCUT2D eigenvalue weighted by molar-refractivity contribution is 5.83. The van der Waals surface area contributed by atoms with Gasteiger partial charge in [0.05, 0.1) is 0 Å². The van der Waals surface area contributed by atoms with E-state index in [0.717, 1.165) is 0 Å². The summed E-state index contributed by atoms with van der Waals surface area (Å²) in [5.41, 5.74) is 1.20. The highest BCUT2D eigenvalue weighted by Crippen LogP contribution is 2.20. The van der Waals surface area contributed by atoms with E-state index in [0.29, 0.717) is 0 Å². The largest absolute Gasteiger partial charge is 0.396 e. The second-order valence-electron chi connectivity index (χ2n) is 3.69. The van der Waals surface area contributed by atoms with Gasteiger partial charge in [0.2, 0.25) is 0 Å². The Morgan fingerprint density at radius 2 is 1.79 bits per heavy atom. The van der Waals surface area contributed by atoms with E-state index in [1.807, 2.05) is 19.1 Å². The number of hydrogen-bond donors (Lipinski definition) is 1. The fourth-order valence-electron chi connectivity index (χ4n) is 1.62. The first kappa shape index (κ1) is 9.22. The maximum Gasteiger partial charge on any atom is 0.0497 e. The predicted octanol–water partition coefficient (Wildman–Crippen LogP) is 2.94. The molecule has 0 spiro atoms. The molecule has 1 N–H and O–H groups in total. The predicted molar refractivity (Wildman–Crippen MR) is 59.4 cm³/mol. The smallest absolute Gasteiger partial charge is 0.0497 e. The highest BCUT2D eigenvalue weighted by atomic mass is 16.3. The monoisotopic (exact) mass is 186 g/mol. The van der Waals surface area contributed by atoms with E-state index in [-0.39, 0.29) is 12.5 Å². The van der Waals surface area contributed by atoms with Gasteiger partial charge in [0.15, 0.2) is 0 Å². The van der Waals surface area contributed by atoms with Crippen molar-refractivity contribution in [2.75, 3.05) is 6.61 Å². The first-order valence-electron chi connectivity index (χ1n) is 4.91. The van der Waals surface area contributed by atoms with Gasteiger partial charge >= 0.3 is 0 Å². The zero-order valence-electron chi connectivity index (χ0n) is 8.27. The first-order valence-corrected chi connectivity index (χ1v) is 4.91. The van der Waals surface area contributed by atoms with Crippen LogP contribution in [0.25, 0.3) is 10.8 Å². The minimum absolute atomic E-state index is 0.207. The summed E-state index contributed by atoms with van der Waals surface area (Å²) < 4.78 is 0. The van der Waals surface area contributed by atoms with Crippen molar-refractivity contribution in [2.45, 2.75) is 12.8 Å². The summed E-state index contributed by atoms with van der Waals surface area (Å²) in [6.07, 6.45) is 0. The van der Waals surface area contributed by atoms with Crippen LogP contribution < -0.4 is 0 Å². The first-order chi connectivity index (χ1) is 6.81. The van der Waals surface area contributed by atoms with Gasteiger partial charge in [0.25, 0.3) is 0 Å². The van der Waals surface area contributed by atoms with Crippen LogP contribution in [0, 0.1) is 0 Å². The molecular formula is C13H14O.